The van der Waals surface area contributed by atoms with Gasteiger partial charge in [-0.1, -0.05) is 404 Å². The third-order valence-electron chi connectivity index (χ3n) is 19.2. The maximum absolute atomic E-state index is 12.9. The lowest BCUT2D eigenvalue weighted by Gasteiger charge is -2.28. The van der Waals surface area contributed by atoms with Gasteiger partial charge in [0.25, 0.3) is 7.82 Å². The second-order valence-electron chi connectivity index (χ2n) is 30.5. The fourth-order valence-electron chi connectivity index (χ4n) is 12.5. The molecule has 0 fully saturated rings. The molecule has 9 nitrogen and oxygen atoms in total. The van der Waals surface area contributed by atoms with Crippen molar-refractivity contribution in [2.45, 2.75) is 405 Å². The van der Waals surface area contributed by atoms with E-state index >= 15 is 0 Å². The van der Waals surface area contributed by atoms with Gasteiger partial charge in [0.1, 0.15) is 19.8 Å². The van der Waals surface area contributed by atoms with Crippen molar-refractivity contribution in [3.8, 4) is 0 Å². The largest absolute Gasteiger partial charge is 0.756 e. The molecule has 2 unspecified atom stereocenters. The summed E-state index contributed by atoms with van der Waals surface area (Å²) in [5.74, 6) is -0.819. The number of carbonyl (C=O) groups excluding carboxylic acids is 2. The Morgan fingerprint density at radius 2 is 0.548 bits per heavy atom. The molecule has 0 bridgehead atoms. The quantitative estimate of drug-likeness (QED) is 0.0195. The minimum atomic E-state index is -4.65. The molecule has 0 heterocycles. The van der Waals surface area contributed by atoms with Crippen LogP contribution in [-0.4, -0.2) is 70.0 Å². The number of hydrogen-bond donors (Lipinski definition) is 0. The molecule has 0 rings (SSSR count). The zero-order valence-corrected chi connectivity index (χ0v) is 69.6. The molecule has 0 aliphatic carbocycles. The molecule has 0 amide bonds. The Kier molecular flexibility index (Phi) is 80.1. The summed E-state index contributed by atoms with van der Waals surface area (Å²) in [5.41, 5.74) is 0. The zero-order chi connectivity index (χ0) is 75.4. The molecule has 0 radical (unpaired) electrons. The fraction of sp³-hybridized carbons (Fsp3) is 0.745. The number of quaternary nitrogens is 1. The Labute approximate surface area is 644 Å². The SMILES string of the molecule is CC/C=C\C/C=C\C/C=C\C/C=C\C/C=C\C/C=C\C/C=C\C/C=C\CCCCCCCCCCCCCCCCCCC(=O)OC(COC(=O)CCCCCCCCCCCCCCCCCCCCCCCCCC/C=C\C/C=C\C/C=C\CCCCCCC)COP(=O)([O-])OCC[N+](C)(C)C. The maximum atomic E-state index is 12.9. The van der Waals surface area contributed by atoms with Gasteiger partial charge >= 0.3 is 11.9 Å². The highest BCUT2D eigenvalue weighted by molar-refractivity contribution is 7.45. The van der Waals surface area contributed by atoms with Crippen LogP contribution >= 0.6 is 7.82 Å². The van der Waals surface area contributed by atoms with Crippen LogP contribution in [0.5, 0.6) is 0 Å². The Morgan fingerprint density at radius 1 is 0.308 bits per heavy atom. The third-order valence-corrected chi connectivity index (χ3v) is 20.1. The van der Waals surface area contributed by atoms with Crippen molar-refractivity contribution in [3.63, 3.8) is 0 Å². The minimum Gasteiger partial charge on any atom is -0.756 e. The molecule has 0 saturated heterocycles. The molecule has 0 aliphatic rings. The first-order chi connectivity index (χ1) is 51.0. The van der Waals surface area contributed by atoms with E-state index in [9.17, 15) is 19.0 Å². The van der Waals surface area contributed by atoms with Crippen molar-refractivity contribution in [1.82, 2.24) is 0 Å². The van der Waals surface area contributed by atoms with Crippen LogP contribution < -0.4 is 4.89 Å². The summed E-state index contributed by atoms with van der Waals surface area (Å²) in [6.45, 7) is 4.16. The van der Waals surface area contributed by atoms with Crippen LogP contribution in [0.15, 0.2) is 134 Å². The number of allylic oxidation sites excluding steroid dienone is 22. The smallest absolute Gasteiger partial charge is 0.306 e. The number of phosphoric ester groups is 1. The second kappa shape index (κ2) is 83.2. The van der Waals surface area contributed by atoms with Crippen LogP contribution in [0, 0.1) is 0 Å². The zero-order valence-electron chi connectivity index (χ0n) is 68.7. The van der Waals surface area contributed by atoms with Crippen molar-refractivity contribution >= 4 is 19.8 Å². The van der Waals surface area contributed by atoms with Gasteiger partial charge in [0.05, 0.1) is 27.7 Å². The van der Waals surface area contributed by atoms with Crippen molar-refractivity contribution in [1.29, 1.82) is 0 Å². The molecule has 0 aromatic carbocycles. The number of hydrogen-bond acceptors (Lipinski definition) is 8. The van der Waals surface area contributed by atoms with E-state index in [4.69, 9.17) is 18.5 Å². The van der Waals surface area contributed by atoms with E-state index in [1.165, 1.54) is 263 Å². The predicted molar refractivity (Wildman–Crippen MR) is 452 cm³/mol. The van der Waals surface area contributed by atoms with Gasteiger partial charge < -0.3 is 27.9 Å². The number of likely N-dealkylation sites (N-methyl/N-ethyl adjacent to an activating group) is 1. The van der Waals surface area contributed by atoms with Gasteiger partial charge in [0.15, 0.2) is 6.10 Å². The van der Waals surface area contributed by atoms with Crippen LogP contribution in [0.3, 0.4) is 0 Å². The molecular weight excluding hydrogens is 1300 g/mol. The highest BCUT2D eigenvalue weighted by Crippen LogP contribution is 2.38. The van der Waals surface area contributed by atoms with Crippen molar-refractivity contribution in [2.75, 3.05) is 47.5 Å². The molecule has 0 aromatic rings. The highest BCUT2D eigenvalue weighted by atomic mass is 31.2. The van der Waals surface area contributed by atoms with Gasteiger partial charge in [-0.2, -0.15) is 0 Å². The summed E-state index contributed by atoms with van der Waals surface area (Å²) in [6.07, 6.45) is 122. The van der Waals surface area contributed by atoms with Crippen LogP contribution in [0.25, 0.3) is 0 Å². The third kappa shape index (κ3) is 87.1. The lowest BCUT2D eigenvalue weighted by Crippen LogP contribution is -2.37. The van der Waals surface area contributed by atoms with Gasteiger partial charge in [-0.3, -0.25) is 14.2 Å². The molecule has 2 atom stereocenters. The Morgan fingerprint density at radius 3 is 0.817 bits per heavy atom. The van der Waals surface area contributed by atoms with E-state index in [0.717, 1.165) is 103 Å². The molecule has 104 heavy (non-hydrogen) atoms. The number of nitrogens with zero attached hydrogens (tertiary/aromatic N) is 1. The lowest BCUT2D eigenvalue weighted by atomic mass is 10.0. The first-order valence-corrected chi connectivity index (χ1v) is 45.4. The summed E-state index contributed by atoms with van der Waals surface area (Å²) in [5, 5.41) is 0. The van der Waals surface area contributed by atoms with Crippen LogP contribution in [0.2, 0.25) is 0 Å². The summed E-state index contributed by atoms with van der Waals surface area (Å²) >= 11 is 0. The van der Waals surface area contributed by atoms with Gasteiger partial charge in [0, 0.05) is 12.8 Å². The van der Waals surface area contributed by atoms with E-state index in [2.05, 4.69) is 148 Å². The molecular formula is C94H166NO8P. The average molecular weight is 1470 g/mol. The first-order valence-electron chi connectivity index (χ1n) is 43.9. The monoisotopic (exact) mass is 1470 g/mol. The Balaban J connectivity index is 3.92. The first kappa shape index (κ1) is 100. The van der Waals surface area contributed by atoms with Gasteiger partial charge in [0.2, 0.25) is 0 Å². The average Bonchev–Trinajstić information content (AvgIpc) is 0.920. The predicted octanol–water partition coefficient (Wildman–Crippen LogP) is 29.2. The summed E-state index contributed by atoms with van der Waals surface area (Å²) in [6, 6.07) is 0. The topological polar surface area (TPSA) is 111 Å². The summed E-state index contributed by atoms with van der Waals surface area (Å²) in [4.78, 5) is 38.3. The Hall–Kier alpha value is -3.85. The second-order valence-corrected chi connectivity index (χ2v) is 31.9. The van der Waals surface area contributed by atoms with Crippen molar-refractivity contribution < 1.29 is 42.1 Å². The normalized spacial score (nSPS) is 13.6. The number of esters is 2. The van der Waals surface area contributed by atoms with E-state index in [0.29, 0.717) is 17.4 Å². The van der Waals surface area contributed by atoms with E-state index in [1.807, 2.05) is 21.1 Å². The molecule has 0 spiro atoms. The van der Waals surface area contributed by atoms with Crippen LogP contribution in [-0.2, 0) is 32.7 Å². The fourth-order valence-corrected chi connectivity index (χ4v) is 13.2. The minimum absolute atomic E-state index is 0.0326. The number of rotatable bonds is 81. The molecule has 0 N–H and O–H groups in total. The summed E-state index contributed by atoms with van der Waals surface area (Å²) < 4.78 is 34.5. The molecule has 600 valence electrons. The molecule has 0 aromatic heterocycles. The van der Waals surface area contributed by atoms with Gasteiger partial charge in [-0.15, -0.1) is 0 Å². The molecule has 0 aliphatic heterocycles. The molecule has 10 heteroatoms. The van der Waals surface area contributed by atoms with Crippen LogP contribution in [0.4, 0.5) is 0 Å². The van der Waals surface area contributed by atoms with Gasteiger partial charge in [-0.25, -0.2) is 0 Å². The maximum Gasteiger partial charge on any atom is 0.306 e. The number of ether oxygens (including phenoxy) is 2. The Bertz CT molecular complexity index is 2230. The standard InChI is InChI=1S/C94H166NO8P/c1-6-8-10-12-14-16-18-20-22-24-26-28-30-32-34-36-38-40-42-44-46-47-49-51-53-55-57-59-61-63-65-67-69-71-73-75-77-79-81-83-85-87-94(97)103-92(91-102-104(98,99)101-89-88-95(3,4)5)90-100-93(96)86-84-82-80-78-76-74-72-70-68-66-64-62-60-58-56-54-52-50-48-45-43-41-39-37-35-33-31-29-27-25-23-21-19-17-15-13-11-9-7-2/h8,10,14,16,19-22,25-28,31-34,38,40,44,46,49,51,92H,6-7,9,11-13,15,17-18,23-24,29-30,35-37,39,41-43,45,47-48,50,52-91H2,1-5H3/b10-8-,16-14-,21-19-,22-20-,27-25-,28-26-,33-31-,34-32-,40-38-,46-44-,51-49-. The number of unbranched alkanes of at least 4 members (excludes halogenated alkanes) is 45. The molecule has 0 saturated carbocycles. The van der Waals surface area contributed by atoms with Gasteiger partial charge in [-0.05, 0) is 116 Å². The summed E-state index contributed by atoms with van der Waals surface area (Å²) in [7, 11) is 1.17. The van der Waals surface area contributed by atoms with E-state index < -0.39 is 26.5 Å². The van der Waals surface area contributed by atoms with E-state index in [1.54, 1.807) is 0 Å². The van der Waals surface area contributed by atoms with Crippen molar-refractivity contribution in [3.05, 3.63) is 134 Å². The lowest BCUT2D eigenvalue weighted by molar-refractivity contribution is -0.870. The van der Waals surface area contributed by atoms with E-state index in [-0.39, 0.29) is 32.0 Å². The number of carbonyl (C=O) groups is 2. The van der Waals surface area contributed by atoms with Crippen molar-refractivity contribution in [2.24, 2.45) is 0 Å². The van der Waals surface area contributed by atoms with Crippen LogP contribution in [0.1, 0.15) is 399 Å². The highest BCUT2D eigenvalue weighted by Gasteiger charge is 2.22. The number of phosphoric acid groups is 1.